The number of pyridine rings is 1. The molecular formula is C17H28ClN3. The molecule has 0 aromatic carbocycles. The van der Waals surface area contributed by atoms with Crippen LogP contribution in [0.15, 0.2) is 12.1 Å². The van der Waals surface area contributed by atoms with Gasteiger partial charge in [0.1, 0.15) is 5.82 Å². The Labute approximate surface area is 134 Å². The second-order valence-corrected chi connectivity index (χ2v) is 6.31. The monoisotopic (exact) mass is 309 g/mol. The molecule has 21 heavy (non-hydrogen) atoms. The molecule has 0 bridgehead atoms. The van der Waals surface area contributed by atoms with Crippen LogP contribution in [0.1, 0.15) is 58.1 Å². The molecule has 4 heteroatoms. The van der Waals surface area contributed by atoms with E-state index in [0.717, 1.165) is 42.6 Å². The molecular weight excluding hydrogens is 282 g/mol. The van der Waals surface area contributed by atoms with Crippen molar-refractivity contribution in [1.29, 1.82) is 0 Å². The molecule has 1 fully saturated rings. The first-order valence-corrected chi connectivity index (χ1v) is 8.76. The predicted molar refractivity (Wildman–Crippen MR) is 91.1 cm³/mol. The number of piperidine rings is 1. The Hall–Kier alpha value is -0.800. The Balaban J connectivity index is 2.12. The molecule has 2 heterocycles. The van der Waals surface area contributed by atoms with Gasteiger partial charge in [0, 0.05) is 19.1 Å². The number of aromatic nitrogens is 1. The molecule has 0 aliphatic carbocycles. The van der Waals surface area contributed by atoms with Crippen molar-refractivity contribution in [3.05, 3.63) is 22.8 Å². The highest BCUT2D eigenvalue weighted by molar-refractivity contribution is 6.31. The first kappa shape index (κ1) is 16.6. The van der Waals surface area contributed by atoms with Crippen LogP contribution in [0.5, 0.6) is 0 Å². The largest absolute Gasteiger partial charge is 0.354 e. The number of hydrogen-bond acceptors (Lipinski definition) is 3. The lowest BCUT2D eigenvalue weighted by Crippen LogP contribution is -2.40. The SMILES string of the molecule is CCCNCc1nc(N2CCCCC2CCC)ccc1Cl. The third kappa shape index (κ3) is 4.58. The van der Waals surface area contributed by atoms with Gasteiger partial charge in [-0.1, -0.05) is 31.9 Å². The molecule has 1 unspecified atom stereocenters. The first-order valence-electron chi connectivity index (χ1n) is 8.39. The minimum absolute atomic E-state index is 0.647. The zero-order valence-corrected chi connectivity index (χ0v) is 14.1. The van der Waals surface area contributed by atoms with Gasteiger partial charge in [0.25, 0.3) is 0 Å². The van der Waals surface area contributed by atoms with Crippen LogP contribution >= 0.6 is 11.6 Å². The van der Waals surface area contributed by atoms with Crippen LogP contribution in [-0.2, 0) is 6.54 Å². The maximum atomic E-state index is 6.29. The van der Waals surface area contributed by atoms with Crippen molar-refractivity contribution >= 4 is 17.4 Å². The van der Waals surface area contributed by atoms with Gasteiger partial charge in [-0.05, 0) is 50.8 Å². The van der Waals surface area contributed by atoms with Crippen molar-refractivity contribution in [2.45, 2.75) is 65.0 Å². The van der Waals surface area contributed by atoms with E-state index in [1.165, 1.54) is 32.1 Å². The van der Waals surface area contributed by atoms with Crippen LogP contribution in [0.2, 0.25) is 5.02 Å². The highest BCUT2D eigenvalue weighted by Crippen LogP contribution is 2.27. The standard InChI is InChI=1S/C17H28ClN3/c1-3-7-14-8-5-6-12-21(14)17-10-9-15(18)16(20-17)13-19-11-4-2/h9-10,14,19H,3-8,11-13H2,1-2H3. The Bertz CT molecular complexity index is 434. The Morgan fingerprint density at radius 2 is 2.14 bits per heavy atom. The van der Waals surface area contributed by atoms with E-state index in [2.05, 4.69) is 30.1 Å². The van der Waals surface area contributed by atoms with Gasteiger partial charge in [-0.25, -0.2) is 4.98 Å². The lowest BCUT2D eigenvalue weighted by atomic mass is 9.98. The van der Waals surface area contributed by atoms with E-state index in [9.17, 15) is 0 Å². The lowest BCUT2D eigenvalue weighted by Gasteiger charge is -2.37. The van der Waals surface area contributed by atoms with Crippen molar-refractivity contribution in [3.8, 4) is 0 Å². The highest BCUT2D eigenvalue weighted by atomic mass is 35.5. The Kier molecular flexibility index (Phi) is 6.78. The fourth-order valence-corrected chi connectivity index (χ4v) is 3.25. The average molecular weight is 310 g/mol. The summed E-state index contributed by atoms with van der Waals surface area (Å²) in [7, 11) is 0. The number of nitrogens with one attached hydrogen (secondary N) is 1. The molecule has 1 atom stereocenters. The summed E-state index contributed by atoms with van der Waals surface area (Å²) in [4.78, 5) is 7.32. The fraction of sp³-hybridized carbons (Fsp3) is 0.706. The van der Waals surface area contributed by atoms with E-state index in [1.807, 2.05) is 6.07 Å². The minimum atomic E-state index is 0.647. The van der Waals surface area contributed by atoms with E-state index < -0.39 is 0 Å². The van der Waals surface area contributed by atoms with Gasteiger partial charge in [0.2, 0.25) is 0 Å². The average Bonchev–Trinajstić information content (AvgIpc) is 2.50. The zero-order chi connectivity index (χ0) is 15.1. The van der Waals surface area contributed by atoms with E-state index in [0.29, 0.717) is 6.04 Å². The molecule has 3 nitrogen and oxygen atoms in total. The van der Waals surface area contributed by atoms with Crippen LogP contribution in [-0.4, -0.2) is 24.1 Å². The lowest BCUT2D eigenvalue weighted by molar-refractivity contribution is 0.431. The predicted octanol–water partition coefficient (Wildman–Crippen LogP) is 4.39. The molecule has 0 radical (unpaired) electrons. The Morgan fingerprint density at radius 1 is 1.29 bits per heavy atom. The van der Waals surface area contributed by atoms with Crippen molar-refractivity contribution in [2.75, 3.05) is 18.0 Å². The molecule has 1 saturated heterocycles. The smallest absolute Gasteiger partial charge is 0.129 e. The van der Waals surface area contributed by atoms with Crippen molar-refractivity contribution in [3.63, 3.8) is 0 Å². The molecule has 2 rings (SSSR count). The first-order chi connectivity index (χ1) is 10.3. The van der Waals surface area contributed by atoms with Gasteiger partial charge in [-0.3, -0.25) is 0 Å². The maximum Gasteiger partial charge on any atom is 0.129 e. The summed E-state index contributed by atoms with van der Waals surface area (Å²) in [5.41, 5.74) is 0.975. The van der Waals surface area contributed by atoms with Gasteiger partial charge in [-0.2, -0.15) is 0 Å². The molecule has 1 aliphatic heterocycles. The quantitative estimate of drug-likeness (QED) is 0.757. The van der Waals surface area contributed by atoms with Gasteiger partial charge >= 0.3 is 0 Å². The second kappa shape index (κ2) is 8.60. The van der Waals surface area contributed by atoms with Crippen LogP contribution in [0.4, 0.5) is 5.82 Å². The third-order valence-corrected chi connectivity index (χ3v) is 4.51. The summed E-state index contributed by atoms with van der Waals surface area (Å²) in [5, 5.41) is 4.16. The summed E-state index contributed by atoms with van der Waals surface area (Å²) < 4.78 is 0. The van der Waals surface area contributed by atoms with Gasteiger partial charge < -0.3 is 10.2 Å². The normalized spacial score (nSPS) is 19.0. The van der Waals surface area contributed by atoms with Gasteiger partial charge in [0.05, 0.1) is 10.7 Å². The maximum absolute atomic E-state index is 6.29. The van der Waals surface area contributed by atoms with Crippen molar-refractivity contribution in [2.24, 2.45) is 0 Å². The molecule has 1 aliphatic rings. The topological polar surface area (TPSA) is 28.2 Å². The summed E-state index contributed by atoms with van der Waals surface area (Å²) in [5.74, 6) is 1.10. The fourth-order valence-electron chi connectivity index (χ4n) is 3.08. The van der Waals surface area contributed by atoms with E-state index in [4.69, 9.17) is 16.6 Å². The Morgan fingerprint density at radius 3 is 2.90 bits per heavy atom. The van der Waals surface area contributed by atoms with Crippen LogP contribution < -0.4 is 10.2 Å². The molecule has 118 valence electrons. The second-order valence-electron chi connectivity index (χ2n) is 5.91. The number of rotatable bonds is 7. The van der Waals surface area contributed by atoms with Crippen molar-refractivity contribution < 1.29 is 0 Å². The number of halogens is 1. The van der Waals surface area contributed by atoms with Gasteiger partial charge in [0.15, 0.2) is 0 Å². The van der Waals surface area contributed by atoms with Gasteiger partial charge in [-0.15, -0.1) is 0 Å². The van der Waals surface area contributed by atoms with Crippen LogP contribution in [0, 0.1) is 0 Å². The van der Waals surface area contributed by atoms with E-state index in [-0.39, 0.29) is 0 Å². The number of hydrogen-bond donors (Lipinski definition) is 1. The van der Waals surface area contributed by atoms with E-state index >= 15 is 0 Å². The van der Waals surface area contributed by atoms with E-state index in [1.54, 1.807) is 0 Å². The van der Waals surface area contributed by atoms with Crippen molar-refractivity contribution in [1.82, 2.24) is 10.3 Å². The molecule has 0 spiro atoms. The number of anilines is 1. The van der Waals surface area contributed by atoms with Crippen LogP contribution in [0.25, 0.3) is 0 Å². The van der Waals surface area contributed by atoms with Crippen LogP contribution in [0.3, 0.4) is 0 Å². The molecule has 0 amide bonds. The summed E-state index contributed by atoms with van der Waals surface area (Å²) in [6.45, 7) is 7.32. The molecule has 1 N–H and O–H groups in total. The highest BCUT2D eigenvalue weighted by Gasteiger charge is 2.23. The third-order valence-electron chi connectivity index (χ3n) is 4.17. The number of nitrogens with zero attached hydrogens (tertiary/aromatic N) is 2. The summed E-state index contributed by atoms with van der Waals surface area (Å²) in [6.07, 6.45) is 7.53. The molecule has 1 aromatic rings. The summed E-state index contributed by atoms with van der Waals surface area (Å²) in [6, 6.07) is 4.73. The minimum Gasteiger partial charge on any atom is -0.354 e. The molecule has 0 saturated carbocycles. The summed E-state index contributed by atoms with van der Waals surface area (Å²) >= 11 is 6.29. The molecule has 1 aromatic heterocycles. The zero-order valence-electron chi connectivity index (χ0n) is 13.4.